The number of benzene rings is 3. The molecule has 5 rings (SSSR count). The molecule has 5 heteroatoms. The van der Waals surface area contributed by atoms with E-state index in [4.69, 9.17) is 14.2 Å². The molecule has 2 aliphatic rings. The summed E-state index contributed by atoms with van der Waals surface area (Å²) in [5.74, 6) is -0.434. The van der Waals surface area contributed by atoms with Gasteiger partial charge in [0.1, 0.15) is 5.75 Å². The van der Waals surface area contributed by atoms with E-state index in [2.05, 4.69) is 29.6 Å². The number of ether oxygens (including phenoxy) is 3. The topological polar surface area (TPSA) is 56.8 Å². The standard InChI is InChI=1S/C24H23NO4/c1-16(18-10-6-8-17-7-2-3-9-19(17)18)25-23(26)22-15-24(27-13-14-28-24)20-11-4-5-12-21(20)29-22/h2-12,16,22H,13-15H2,1H3,(H,25,26)/t16-,22?/m1/s1. The van der Waals surface area contributed by atoms with Crippen molar-refractivity contribution in [3.05, 3.63) is 77.9 Å². The van der Waals surface area contributed by atoms with Crippen LogP contribution in [0.2, 0.25) is 0 Å². The van der Waals surface area contributed by atoms with E-state index in [0.29, 0.717) is 25.4 Å². The van der Waals surface area contributed by atoms with Gasteiger partial charge in [-0.05, 0) is 35.4 Å². The lowest BCUT2D eigenvalue weighted by Gasteiger charge is -2.37. The Labute approximate surface area is 169 Å². The van der Waals surface area contributed by atoms with Crippen molar-refractivity contribution in [1.82, 2.24) is 5.32 Å². The van der Waals surface area contributed by atoms with Crippen LogP contribution in [0.15, 0.2) is 66.7 Å². The lowest BCUT2D eigenvalue weighted by atomic mass is 9.94. The van der Waals surface area contributed by atoms with Crippen molar-refractivity contribution in [1.29, 1.82) is 0 Å². The first-order chi connectivity index (χ1) is 14.2. The molecule has 0 aromatic heterocycles. The zero-order valence-corrected chi connectivity index (χ0v) is 16.3. The van der Waals surface area contributed by atoms with Crippen LogP contribution in [0.3, 0.4) is 0 Å². The third kappa shape index (κ3) is 3.16. The lowest BCUT2D eigenvalue weighted by Crippen LogP contribution is -2.47. The van der Waals surface area contributed by atoms with E-state index >= 15 is 0 Å². The number of rotatable bonds is 3. The van der Waals surface area contributed by atoms with Crippen LogP contribution in [0, 0.1) is 0 Å². The summed E-state index contributed by atoms with van der Waals surface area (Å²) in [6, 6.07) is 21.8. The van der Waals surface area contributed by atoms with Gasteiger partial charge < -0.3 is 19.5 Å². The lowest BCUT2D eigenvalue weighted by molar-refractivity contribution is -0.196. The van der Waals surface area contributed by atoms with E-state index < -0.39 is 11.9 Å². The quantitative estimate of drug-likeness (QED) is 0.734. The van der Waals surface area contributed by atoms with Crippen LogP contribution in [-0.2, 0) is 20.1 Å². The molecule has 2 atom stereocenters. The minimum absolute atomic E-state index is 0.157. The number of carbonyl (C=O) groups is 1. The Morgan fingerprint density at radius 1 is 1.00 bits per heavy atom. The fourth-order valence-electron chi connectivity index (χ4n) is 4.32. The van der Waals surface area contributed by atoms with Gasteiger partial charge in [0.15, 0.2) is 6.10 Å². The number of carbonyl (C=O) groups excluding carboxylic acids is 1. The Hall–Kier alpha value is -2.89. The molecule has 1 saturated heterocycles. The molecule has 3 aromatic carbocycles. The highest BCUT2D eigenvalue weighted by molar-refractivity contribution is 5.87. The Bertz CT molecular complexity index is 1050. The molecular weight excluding hydrogens is 366 g/mol. The maximum absolute atomic E-state index is 13.1. The van der Waals surface area contributed by atoms with Crippen LogP contribution in [0.4, 0.5) is 0 Å². The Kier molecular flexibility index (Phi) is 4.49. The highest BCUT2D eigenvalue weighted by Gasteiger charge is 2.48. The smallest absolute Gasteiger partial charge is 0.261 e. The Morgan fingerprint density at radius 2 is 1.72 bits per heavy atom. The van der Waals surface area contributed by atoms with Crippen molar-refractivity contribution in [2.75, 3.05) is 13.2 Å². The monoisotopic (exact) mass is 389 g/mol. The predicted octanol–water partition coefficient (Wildman–Crippen LogP) is 4.07. The summed E-state index contributed by atoms with van der Waals surface area (Å²) < 4.78 is 17.9. The minimum atomic E-state index is -0.903. The van der Waals surface area contributed by atoms with Crippen molar-refractivity contribution >= 4 is 16.7 Å². The van der Waals surface area contributed by atoms with Crippen molar-refractivity contribution in [2.45, 2.75) is 31.3 Å². The molecule has 0 bridgehead atoms. The van der Waals surface area contributed by atoms with Crippen LogP contribution in [0.1, 0.15) is 30.5 Å². The first-order valence-corrected chi connectivity index (χ1v) is 9.98. The second kappa shape index (κ2) is 7.17. The van der Waals surface area contributed by atoms with Gasteiger partial charge in [-0.25, -0.2) is 0 Å². The molecule has 5 nitrogen and oxygen atoms in total. The average Bonchev–Trinajstić information content (AvgIpc) is 3.22. The van der Waals surface area contributed by atoms with Crippen LogP contribution < -0.4 is 10.1 Å². The highest BCUT2D eigenvalue weighted by atomic mass is 16.7. The van der Waals surface area contributed by atoms with Crippen molar-refractivity contribution < 1.29 is 19.0 Å². The highest BCUT2D eigenvalue weighted by Crippen LogP contribution is 2.45. The maximum Gasteiger partial charge on any atom is 0.261 e. The molecule has 3 aromatic rings. The van der Waals surface area contributed by atoms with Gasteiger partial charge in [0.2, 0.25) is 5.79 Å². The molecule has 1 spiro atoms. The van der Waals surface area contributed by atoms with E-state index in [-0.39, 0.29) is 11.9 Å². The summed E-state index contributed by atoms with van der Waals surface area (Å²) in [5.41, 5.74) is 1.93. The average molecular weight is 389 g/mol. The number of nitrogens with one attached hydrogen (secondary N) is 1. The van der Waals surface area contributed by atoms with Gasteiger partial charge in [-0.2, -0.15) is 0 Å². The molecule has 1 unspecified atom stereocenters. The number of para-hydroxylation sites is 1. The van der Waals surface area contributed by atoms with Gasteiger partial charge in [0.25, 0.3) is 5.91 Å². The summed E-state index contributed by atoms with van der Waals surface area (Å²) in [5, 5.41) is 5.41. The third-order valence-electron chi connectivity index (χ3n) is 5.72. The molecule has 0 radical (unpaired) electrons. The van der Waals surface area contributed by atoms with E-state index in [1.54, 1.807) is 0 Å². The first kappa shape index (κ1) is 18.2. The zero-order valence-electron chi connectivity index (χ0n) is 16.3. The molecule has 2 heterocycles. The SMILES string of the molecule is C[C@@H](NC(=O)C1CC2(OCCO2)c2ccccc2O1)c1cccc2ccccc12. The van der Waals surface area contributed by atoms with Gasteiger partial charge in [-0.1, -0.05) is 54.6 Å². The summed E-state index contributed by atoms with van der Waals surface area (Å²) in [6.07, 6.45) is -0.349. The summed E-state index contributed by atoms with van der Waals surface area (Å²) in [7, 11) is 0. The summed E-state index contributed by atoms with van der Waals surface area (Å²) in [4.78, 5) is 13.1. The molecular formula is C24H23NO4. The first-order valence-electron chi connectivity index (χ1n) is 9.98. The maximum atomic E-state index is 13.1. The molecule has 2 aliphatic heterocycles. The van der Waals surface area contributed by atoms with Crippen LogP contribution in [0.25, 0.3) is 10.8 Å². The zero-order chi connectivity index (χ0) is 19.8. The van der Waals surface area contributed by atoms with Crippen molar-refractivity contribution in [2.24, 2.45) is 0 Å². The molecule has 29 heavy (non-hydrogen) atoms. The number of fused-ring (bicyclic) bond motifs is 3. The van der Waals surface area contributed by atoms with Crippen molar-refractivity contribution in [3.63, 3.8) is 0 Å². The van der Waals surface area contributed by atoms with Gasteiger partial charge in [0, 0.05) is 0 Å². The van der Waals surface area contributed by atoms with Crippen LogP contribution in [0.5, 0.6) is 5.75 Å². The molecule has 0 aliphatic carbocycles. The number of hydrogen-bond acceptors (Lipinski definition) is 4. The fourth-order valence-corrected chi connectivity index (χ4v) is 4.32. The number of amides is 1. The van der Waals surface area contributed by atoms with E-state index in [0.717, 1.165) is 21.9 Å². The second-order valence-electron chi connectivity index (χ2n) is 7.56. The molecule has 0 saturated carbocycles. The minimum Gasteiger partial charge on any atom is -0.480 e. The van der Waals surface area contributed by atoms with Gasteiger partial charge in [0.05, 0.1) is 31.2 Å². The normalized spacial score (nSPS) is 20.8. The second-order valence-corrected chi connectivity index (χ2v) is 7.56. The van der Waals surface area contributed by atoms with Crippen LogP contribution in [-0.4, -0.2) is 25.2 Å². The molecule has 1 fully saturated rings. The summed E-state index contributed by atoms with van der Waals surface area (Å²) >= 11 is 0. The third-order valence-corrected chi connectivity index (χ3v) is 5.72. The predicted molar refractivity (Wildman–Crippen MR) is 110 cm³/mol. The van der Waals surface area contributed by atoms with Crippen LogP contribution >= 0.6 is 0 Å². The van der Waals surface area contributed by atoms with Gasteiger partial charge in [-0.15, -0.1) is 0 Å². The van der Waals surface area contributed by atoms with E-state index in [9.17, 15) is 4.79 Å². The largest absolute Gasteiger partial charge is 0.480 e. The Morgan fingerprint density at radius 3 is 2.59 bits per heavy atom. The van der Waals surface area contributed by atoms with Crippen molar-refractivity contribution in [3.8, 4) is 5.75 Å². The van der Waals surface area contributed by atoms with E-state index in [1.165, 1.54) is 0 Å². The molecule has 148 valence electrons. The fraction of sp³-hybridized carbons (Fsp3) is 0.292. The Balaban J connectivity index is 1.40. The summed E-state index contributed by atoms with van der Waals surface area (Å²) in [6.45, 7) is 3.01. The molecule has 1 amide bonds. The van der Waals surface area contributed by atoms with Gasteiger partial charge in [-0.3, -0.25) is 4.79 Å². The van der Waals surface area contributed by atoms with Gasteiger partial charge >= 0.3 is 0 Å². The van der Waals surface area contributed by atoms with E-state index in [1.807, 2.05) is 49.4 Å². The number of hydrogen-bond donors (Lipinski definition) is 1. The molecule has 1 N–H and O–H groups in total.